The third kappa shape index (κ3) is 5.15. The summed E-state index contributed by atoms with van der Waals surface area (Å²) >= 11 is 0. The van der Waals surface area contributed by atoms with E-state index in [1.54, 1.807) is 12.1 Å². The molecule has 1 fully saturated rings. The molecule has 2 aromatic carbocycles. The lowest BCUT2D eigenvalue weighted by atomic mass is 10.1. The molecule has 1 saturated heterocycles. The van der Waals surface area contributed by atoms with Crippen molar-refractivity contribution in [3.05, 3.63) is 65.7 Å². The van der Waals surface area contributed by atoms with E-state index in [0.29, 0.717) is 5.75 Å². The summed E-state index contributed by atoms with van der Waals surface area (Å²) in [7, 11) is 0. The van der Waals surface area contributed by atoms with Crippen LogP contribution in [0.5, 0.6) is 11.5 Å². The van der Waals surface area contributed by atoms with Gasteiger partial charge in [0.05, 0.1) is 0 Å². The molecule has 138 valence electrons. The molecule has 0 N–H and O–H groups in total. The Kier molecular flexibility index (Phi) is 6.40. The summed E-state index contributed by atoms with van der Waals surface area (Å²) in [6, 6.07) is 10.8. The molecule has 26 heavy (non-hydrogen) atoms. The summed E-state index contributed by atoms with van der Waals surface area (Å²) in [5.41, 5.74) is 2.33. The van der Waals surface area contributed by atoms with Gasteiger partial charge in [-0.25, -0.2) is 8.78 Å². The smallest absolute Gasteiger partial charge is 0.168 e. The van der Waals surface area contributed by atoms with Crippen LogP contribution >= 0.6 is 0 Å². The van der Waals surface area contributed by atoms with Crippen molar-refractivity contribution in [2.45, 2.75) is 32.6 Å². The van der Waals surface area contributed by atoms with Crippen LogP contribution in [0, 0.1) is 11.6 Å². The molecule has 1 aliphatic rings. The highest BCUT2D eigenvalue weighted by molar-refractivity contribution is 5.64. The van der Waals surface area contributed by atoms with Crippen LogP contribution < -0.4 is 4.74 Å². The van der Waals surface area contributed by atoms with Crippen molar-refractivity contribution in [2.75, 3.05) is 19.6 Å². The van der Waals surface area contributed by atoms with Gasteiger partial charge in [-0.2, -0.15) is 0 Å². The summed E-state index contributed by atoms with van der Waals surface area (Å²) in [4.78, 5) is 2.51. The Morgan fingerprint density at radius 1 is 1.00 bits per heavy atom. The summed E-state index contributed by atoms with van der Waals surface area (Å²) in [5, 5.41) is 0. The minimum atomic E-state index is -0.706. The first-order chi connectivity index (χ1) is 12.6. The van der Waals surface area contributed by atoms with Gasteiger partial charge in [-0.1, -0.05) is 31.1 Å². The maximum Gasteiger partial charge on any atom is 0.168 e. The fraction of sp³-hybridized carbons (Fsp3) is 0.364. The Morgan fingerprint density at radius 2 is 1.69 bits per heavy atom. The normalized spacial score (nSPS) is 16.3. The van der Waals surface area contributed by atoms with E-state index in [2.05, 4.69) is 17.9 Å². The van der Waals surface area contributed by atoms with E-state index in [4.69, 9.17) is 4.74 Å². The Bertz CT molecular complexity index is 747. The number of halogens is 2. The van der Waals surface area contributed by atoms with Gasteiger partial charge in [-0.15, -0.1) is 0 Å². The van der Waals surface area contributed by atoms with Crippen molar-refractivity contribution in [2.24, 2.45) is 0 Å². The van der Waals surface area contributed by atoms with Crippen molar-refractivity contribution in [3.63, 3.8) is 0 Å². The number of rotatable bonds is 5. The van der Waals surface area contributed by atoms with Crippen LogP contribution in [-0.4, -0.2) is 24.5 Å². The quantitative estimate of drug-likeness (QED) is 0.647. The van der Waals surface area contributed by atoms with Crippen molar-refractivity contribution in [1.82, 2.24) is 4.90 Å². The SMILES string of the molecule is CC(=CCN1CCCCCC1)c1ccc(Oc2ccc(F)cc2F)cc1. The summed E-state index contributed by atoms with van der Waals surface area (Å²) in [6.45, 7) is 5.44. The predicted octanol–water partition coefficient (Wildman–Crippen LogP) is 6.04. The van der Waals surface area contributed by atoms with Crippen LogP contribution in [0.15, 0.2) is 48.5 Å². The molecule has 0 amide bonds. The van der Waals surface area contributed by atoms with Gasteiger partial charge in [0.25, 0.3) is 0 Å². The molecule has 2 nitrogen and oxygen atoms in total. The maximum atomic E-state index is 13.7. The van der Waals surface area contributed by atoms with Crippen LogP contribution in [0.3, 0.4) is 0 Å². The van der Waals surface area contributed by atoms with Gasteiger partial charge in [0.1, 0.15) is 11.6 Å². The van der Waals surface area contributed by atoms with Gasteiger partial charge in [0.2, 0.25) is 0 Å². The molecule has 0 radical (unpaired) electrons. The highest BCUT2D eigenvalue weighted by atomic mass is 19.1. The second-order valence-electron chi connectivity index (χ2n) is 6.80. The molecule has 0 aliphatic carbocycles. The third-order valence-corrected chi connectivity index (χ3v) is 4.79. The number of allylic oxidation sites excluding steroid dienone is 1. The maximum absolute atomic E-state index is 13.7. The molecule has 2 aromatic rings. The fourth-order valence-corrected chi connectivity index (χ4v) is 3.17. The molecule has 1 aliphatic heterocycles. The molecular weight excluding hydrogens is 332 g/mol. The zero-order valence-corrected chi connectivity index (χ0v) is 15.2. The minimum absolute atomic E-state index is 0.0209. The predicted molar refractivity (Wildman–Crippen MR) is 101 cm³/mol. The van der Waals surface area contributed by atoms with E-state index in [0.717, 1.165) is 18.2 Å². The van der Waals surface area contributed by atoms with E-state index in [-0.39, 0.29) is 5.75 Å². The van der Waals surface area contributed by atoms with Crippen molar-refractivity contribution in [1.29, 1.82) is 0 Å². The van der Waals surface area contributed by atoms with Gasteiger partial charge in [0, 0.05) is 12.6 Å². The molecule has 1 heterocycles. The average Bonchev–Trinajstić information content (AvgIpc) is 2.91. The molecule has 3 rings (SSSR count). The molecule has 0 unspecified atom stereocenters. The first-order valence-electron chi connectivity index (χ1n) is 9.24. The van der Waals surface area contributed by atoms with E-state index < -0.39 is 11.6 Å². The molecule has 0 aromatic heterocycles. The number of nitrogens with zero attached hydrogens (tertiary/aromatic N) is 1. The Balaban J connectivity index is 1.61. The zero-order valence-electron chi connectivity index (χ0n) is 15.2. The van der Waals surface area contributed by atoms with Crippen LogP contribution in [0.25, 0.3) is 5.57 Å². The lowest BCUT2D eigenvalue weighted by Crippen LogP contribution is -2.24. The molecule has 0 atom stereocenters. The molecule has 0 bridgehead atoms. The van der Waals surface area contributed by atoms with Crippen LogP contribution in [0.4, 0.5) is 8.78 Å². The minimum Gasteiger partial charge on any atom is -0.454 e. The van der Waals surface area contributed by atoms with Crippen molar-refractivity contribution >= 4 is 5.57 Å². The first kappa shape index (κ1) is 18.6. The Labute approximate surface area is 154 Å². The Morgan fingerprint density at radius 3 is 2.35 bits per heavy atom. The number of hydrogen-bond acceptors (Lipinski definition) is 2. The summed E-state index contributed by atoms with van der Waals surface area (Å²) in [6.07, 6.45) is 7.53. The summed E-state index contributed by atoms with van der Waals surface area (Å²) in [5.74, 6) is -0.773. The highest BCUT2D eigenvalue weighted by Crippen LogP contribution is 2.26. The van der Waals surface area contributed by atoms with Gasteiger partial charge in [-0.3, -0.25) is 4.90 Å². The van der Waals surface area contributed by atoms with Crippen LogP contribution in [0.1, 0.15) is 38.2 Å². The number of ether oxygens (including phenoxy) is 1. The van der Waals surface area contributed by atoms with Gasteiger partial charge < -0.3 is 4.74 Å². The topological polar surface area (TPSA) is 12.5 Å². The largest absolute Gasteiger partial charge is 0.454 e. The number of likely N-dealkylation sites (tertiary alicyclic amines) is 1. The molecule has 0 spiro atoms. The highest BCUT2D eigenvalue weighted by Gasteiger charge is 2.08. The molecular formula is C22H25F2NO. The second kappa shape index (κ2) is 8.95. The van der Waals surface area contributed by atoms with E-state index in [1.807, 2.05) is 12.1 Å². The van der Waals surface area contributed by atoms with Crippen LogP contribution in [-0.2, 0) is 0 Å². The first-order valence-corrected chi connectivity index (χ1v) is 9.24. The fourth-order valence-electron chi connectivity index (χ4n) is 3.17. The number of hydrogen-bond donors (Lipinski definition) is 0. The van der Waals surface area contributed by atoms with Gasteiger partial charge in [-0.05, 0) is 68.3 Å². The van der Waals surface area contributed by atoms with Crippen LogP contribution in [0.2, 0.25) is 0 Å². The zero-order chi connectivity index (χ0) is 18.4. The van der Waals surface area contributed by atoms with Crippen molar-refractivity contribution in [3.8, 4) is 11.5 Å². The average molecular weight is 357 g/mol. The van der Waals surface area contributed by atoms with Gasteiger partial charge >= 0.3 is 0 Å². The molecule has 0 saturated carbocycles. The van der Waals surface area contributed by atoms with E-state index >= 15 is 0 Å². The van der Waals surface area contributed by atoms with Gasteiger partial charge in [0.15, 0.2) is 11.6 Å². The summed E-state index contributed by atoms with van der Waals surface area (Å²) < 4.78 is 32.1. The van der Waals surface area contributed by atoms with E-state index in [1.165, 1.54) is 56.5 Å². The lowest BCUT2D eigenvalue weighted by Gasteiger charge is -2.18. The monoisotopic (exact) mass is 357 g/mol. The Hall–Kier alpha value is -2.20. The molecule has 4 heteroatoms. The van der Waals surface area contributed by atoms with E-state index in [9.17, 15) is 8.78 Å². The third-order valence-electron chi connectivity index (χ3n) is 4.79. The van der Waals surface area contributed by atoms with Crippen molar-refractivity contribution < 1.29 is 13.5 Å². The lowest BCUT2D eigenvalue weighted by molar-refractivity contribution is 0.316. The second-order valence-corrected chi connectivity index (χ2v) is 6.80. The standard InChI is InChI=1S/C22H25F2NO/c1-17(12-15-25-13-4-2-3-5-14-25)18-6-9-20(10-7-18)26-22-11-8-19(23)16-21(22)24/h6-12,16H,2-5,13-15H2,1H3. The number of benzene rings is 2.